The number of rotatable bonds is 6. The lowest BCUT2D eigenvalue weighted by Gasteiger charge is -2.09. The fourth-order valence-electron chi connectivity index (χ4n) is 1.83. The zero-order valence-electron chi connectivity index (χ0n) is 11.2. The van der Waals surface area contributed by atoms with Gasteiger partial charge >= 0.3 is 0 Å². The minimum absolute atomic E-state index is 0.115. The summed E-state index contributed by atoms with van der Waals surface area (Å²) in [4.78, 5) is 17.2. The van der Waals surface area contributed by atoms with E-state index in [0.717, 1.165) is 12.1 Å². The lowest BCUT2D eigenvalue weighted by molar-refractivity contribution is 0.0984. The minimum Gasteiger partial charge on any atom is -0.492 e. The van der Waals surface area contributed by atoms with Gasteiger partial charge in [-0.15, -0.1) is 11.3 Å². The zero-order chi connectivity index (χ0) is 13.7. The highest BCUT2D eigenvalue weighted by Gasteiger charge is 2.10. The van der Waals surface area contributed by atoms with Crippen molar-refractivity contribution in [1.82, 2.24) is 4.98 Å². The molecule has 0 aliphatic carbocycles. The molecule has 4 heteroatoms. The van der Waals surface area contributed by atoms with E-state index >= 15 is 0 Å². The standard InChI is InChI=1S/C15H17NO2S/c1-3-13(17)12-6-4-5-7-14(12)18-9-8-15-11(2)16-10-19-15/h4-7,10H,3,8-9H2,1-2H3. The summed E-state index contributed by atoms with van der Waals surface area (Å²) < 4.78 is 5.75. The third-order valence-electron chi connectivity index (χ3n) is 2.94. The predicted molar refractivity (Wildman–Crippen MR) is 77.1 cm³/mol. The Kier molecular flexibility index (Phi) is 4.68. The topological polar surface area (TPSA) is 39.2 Å². The number of ketones is 1. The molecule has 0 unspecified atom stereocenters. The van der Waals surface area contributed by atoms with E-state index in [-0.39, 0.29) is 5.78 Å². The van der Waals surface area contributed by atoms with E-state index < -0.39 is 0 Å². The van der Waals surface area contributed by atoms with E-state index in [1.807, 2.05) is 43.6 Å². The van der Waals surface area contributed by atoms with Crippen LogP contribution in [0.25, 0.3) is 0 Å². The Balaban J connectivity index is 2.00. The molecule has 0 aliphatic heterocycles. The second kappa shape index (κ2) is 6.48. The van der Waals surface area contributed by atoms with E-state index in [4.69, 9.17) is 4.74 Å². The summed E-state index contributed by atoms with van der Waals surface area (Å²) >= 11 is 1.64. The van der Waals surface area contributed by atoms with Crippen LogP contribution in [-0.4, -0.2) is 17.4 Å². The minimum atomic E-state index is 0.115. The first-order valence-electron chi connectivity index (χ1n) is 6.36. The first kappa shape index (κ1) is 13.7. The number of thiazole rings is 1. The Morgan fingerprint density at radius 1 is 1.37 bits per heavy atom. The molecule has 0 saturated carbocycles. The molecule has 0 radical (unpaired) electrons. The third kappa shape index (κ3) is 3.41. The molecular formula is C15H17NO2S. The lowest BCUT2D eigenvalue weighted by atomic mass is 10.1. The maximum atomic E-state index is 11.8. The molecular weight excluding hydrogens is 258 g/mol. The Labute approximate surface area is 117 Å². The predicted octanol–water partition coefficient (Wildman–Crippen LogP) is 3.67. The van der Waals surface area contributed by atoms with Crippen molar-refractivity contribution < 1.29 is 9.53 Å². The van der Waals surface area contributed by atoms with Crippen LogP contribution in [-0.2, 0) is 6.42 Å². The van der Waals surface area contributed by atoms with Gasteiger partial charge in [0.2, 0.25) is 0 Å². The monoisotopic (exact) mass is 275 g/mol. The molecule has 0 bridgehead atoms. The molecule has 0 N–H and O–H groups in total. The van der Waals surface area contributed by atoms with Crippen molar-refractivity contribution in [3.63, 3.8) is 0 Å². The summed E-state index contributed by atoms with van der Waals surface area (Å²) in [5.74, 6) is 0.793. The Hall–Kier alpha value is -1.68. The number of carbonyl (C=O) groups excluding carboxylic acids is 1. The van der Waals surface area contributed by atoms with E-state index in [2.05, 4.69) is 4.98 Å². The van der Waals surface area contributed by atoms with Gasteiger partial charge in [-0.2, -0.15) is 0 Å². The second-order valence-electron chi connectivity index (χ2n) is 4.23. The highest BCUT2D eigenvalue weighted by molar-refractivity contribution is 7.09. The van der Waals surface area contributed by atoms with Gasteiger partial charge in [0.15, 0.2) is 5.78 Å². The number of nitrogens with zero attached hydrogens (tertiary/aromatic N) is 1. The fraction of sp³-hybridized carbons (Fsp3) is 0.333. The van der Waals surface area contributed by atoms with Crippen LogP contribution in [0.15, 0.2) is 29.8 Å². The number of hydrogen-bond donors (Lipinski definition) is 0. The quantitative estimate of drug-likeness (QED) is 0.755. The van der Waals surface area contributed by atoms with Crippen molar-refractivity contribution in [2.45, 2.75) is 26.7 Å². The average Bonchev–Trinajstić information content (AvgIpc) is 2.84. The van der Waals surface area contributed by atoms with Crippen molar-refractivity contribution in [3.05, 3.63) is 45.9 Å². The smallest absolute Gasteiger partial charge is 0.166 e. The molecule has 3 nitrogen and oxygen atoms in total. The van der Waals surface area contributed by atoms with Crippen LogP contribution in [0.3, 0.4) is 0 Å². The van der Waals surface area contributed by atoms with Gasteiger partial charge in [0, 0.05) is 17.7 Å². The van der Waals surface area contributed by atoms with Crippen LogP contribution in [0.2, 0.25) is 0 Å². The lowest BCUT2D eigenvalue weighted by Crippen LogP contribution is -2.06. The number of hydrogen-bond acceptors (Lipinski definition) is 4. The summed E-state index contributed by atoms with van der Waals surface area (Å²) in [5.41, 5.74) is 3.58. The van der Waals surface area contributed by atoms with Gasteiger partial charge in [-0.25, -0.2) is 4.98 Å². The number of para-hydroxylation sites is 1. The Bertz CT molecular complexity index is 563. The Morgan fingerprint density at radius 2 is 2.16 bits per heavy atom. The zero-order valence-corrected chi connectivity index (χ0v) is 12.0. The fourth-order valence-corrected chi connectivity index (χ4v) is 2.60. The molecule has 1 aromatic carbocycles. The van der Waals surface area contributed by atoms with Crippen molar-refractivity contribution in [3.8, 4) is 5.75 Å². The highest BCUT2D eigenvalue weighted by atomic mass is 32.1. The van der Waals surface area contributed by atoms with Gasteiger partial charge in [0.1, 0.15) is 5.75 Å². The van der Waals surface area contributed by atoms with Crippen LogP contribution in [0.4, 0.5) is 0 Å². The summed E-state index contributed by atoms with van der Waals surface area (Å²) in [7, 11) is 0. The van der Waals surface area contributed by atoms with Crippen LogP contribution in [0, 0.1) is 6.92 Å². The number of benzene rings is 1. The molecule has 0 amide bonds. The van der Waals surface area contributed by atoms with E-state index in [1.165, 1.54) is 4.88 Å². The summed E-state index contributed by atoms with van der Waals surface area (Å²) in [6.45, 7) is 4.43. The van der Waals surface area contributed by atoms with Gasteiger partial charge in [0.25, 0.3) is 0 Å². The van der Waals surface area contributed by atoms with E-state index in [1.54, 1.807) is 11.3 Å². The van der Waals surface area contributed by atoms with Crippen LogP contribution < -0.4 is 4.74 Å². The van der Waals surface area contributed by atoms with Gasteiger partial charge in [-0.05, 0) is 19.1 Å². The van der Waals surface area contributed by atoms with Crippen molar-refractivity contribution in [1.29, 1.82) is 0 Å². The highest BCUT2D eigenvalue weighted by Crippen LogP contribution is 2.20. The van der Waals surface area contributed by atoms with E-state index in [9.17, 15) is 4.79 Å². The molecule has 0 spiro atoms. The molecule has 19 heavy (non-hydrogen) atoms. The molecule has 0 aliphatic rings. The number of ether oxygens (including phenoxy) is 1. The molecule has 0 fully saturated rings. The SMILES string of the molecule is CCC(=O)c1ccccc1OCCc1scnc1C. The maximum Gasteiger partial charge on any atom is 0.166 e. The van der Waals surface area contributed by atoms with Crippen LogP contribution in [0.1, 0.15) is 34.3 Å². The van der Waals surface area contributed by atoms with Crippen LogP contribution >= 0.6 is 11.3 Å². The molecule has 1 aromatic heterocycles. The number of Topliss-reactive ketones (excluding diaryl/α,β-unsaturated/α-hetero) is 1. The first-order chi connectivity index (χ1) is 9.22. The molecule has 0 saturated heterocycles. The van der Waals surface area contributed by atoms with Gasteiger partial charge < -0.3 is 4.74 Å². The van der Waals surface area contributed by atoms with Gasteiger partial charge in [0.05, 0.1) is 23.4 Å². The molecule has 2 rings (SSSR count). The maximum absolute atomic E-state index is 11.8. The summed E-state index contributed by atoms with van der Waals surface area (Å²) in [6, 6.07) is 7.42. The molecule has 100 valence electrons. The number of carbonyl (C=O) groups is 1. The van der Waals surface area contributed by atoms with Gasteiger partial charge in [-0.1, -0.05) is 19.1 Å². The summed E-state index contributed by atoms with van der Waals surface area (Å²) in [5, 5.41) is 0. The molecule has 0 atom stereocenters. The molecule has 2 aromatic rings. The average molecular weight is 275 g/mol. The second-order valence-corrected chi connectivity index (χ2v) is 5.17. The van der Waals surface area contributed by atoms with Crippen molar-refractivity contribution >= 4 is 17.1 Å². The molecule has 1 heterocycles. The third-order valence-corrected chi connectivity index (χ3v) is 3.93. The van der Waals surface area contributed by atoms with E-state index in [0.29, 0.717) is 24.3 Å². The van der Waals surface area contributed by atoms with Crippen molar-refractivity contribution in [2.75, 3.05) is 6.61 Å². The van der Waals surface area contributed by atoms with Gasteiger partial charge in [-0.3, -0.25) is 4.79 Å². The largest absolute Gasteiger partial charge is 0.492 e. The van der Waals surface area contributed by atoms with Crippen molar-refractivity contribution in [2.24, 2.45) is 0 Å². The normalized spacial score (nSPS) is 10.4. The van der Waals surface area contributed by atoms with Crippen LogP contribution in [0.5, 0.6) is 5.75 Å². The number of aryl methyl sites for hydroxylation is 1. The summed E-state index contributed by atoms with van der Waals surface area (Å²) in [6.07, 6.45) is 1.32. The first-order valence-corrected chi connectivity index (χ1v) is 7.24. The Morgan fingerprint density at radius 3 is 2.84 bits per heavy atom. The number of aromatic nitrogens is 1.